The maximum absolute atomic E-state index is 11.3. The highest BCUT2D eigenvalue weighted by molar-refractivity contribution is 7.81. The molecule has 4 aliphatic rings. The quantitative estimate of drug-likeness (QED) is 0.449. The highest BCUT2D eigenvalue weighted by Gasteiger charge is 2.59. The van der Waals surface area contributed by atoms with Crippen molar-refractivity contribution in [2.24, 2.45) is 34.5 Å². The average molecular weight is 479 g/mol. The third-order valence-electron chi connectivity index (χ3n) is 9.23. The molecule has 3 fully saturated rings. The lowest BCUT2D eigenvalue weighted by molar-refractivity contribution is -0.0635. The maximum Gasteiger partial charge on any atom is 0.397 e. The van der Waals surface area contributed by atoms with Crippen molar-refractivity contribution < 1.29 is 34.3 Å². The van der Waals surface area contributed by atoms with Crippen LogP contribution in [0.25, 0.3) is 0 Å². The molecule has 10 heteroatoms. The van der Waals surface area contributed by atoms with E-state index in [0.29, 0.717) is 30.6 Å². The zero-order chi connectivity index (χ0) is 22.8. The first-order valence-electron chi connectivity index (χ1n) is 11.2. The smallest absolute Gasteiger partial charge is 0.264 e. The summed E-state index contributed by atoms with van der Waals surface area (Å²) in [5, 5.41) is 0. The lowest BCUT2D eigenvalue weighted by atomic mass is 9.47. The summed E-state index contributed by atoms with van der Waals surface area (Å²) in [4.78, 5) is 0. The molecular weight excluding hydrogens is 444 g/mol. The van der Waals surface area contributed by atoms with E-state index in [1.54, 1.807) is 6.92 Å². The Morgan fingerprint density at radius 2 is 1.71 bits per heavy atom. The molecule has 0 aromatic rings. The Labute approximate surface area is 185 Å². The number of hydrogen-bond acceptors (Lipinski definition) is 6. The topological polar surface area (TPSA) is 127 Å². The van der Waals surface area contributed by atoms with Crippen LogP contribution in [0.1, 0.15) is 72.1 Å². The highest BCUT2D eigenvalue weighted by Crippen LogP contribution is 2.66. The van der Waals surface area contributed by atoms with Gasteiger partial charge < -0.3 is 0 Å². The second-order valence-electron chi connectivity index (χ2n) is 10.6. The second kappa shape index (κ2) is 7.77. The Morgan fingerprint density at radius 3 is 2.35 bits per heavy atom. The summed E-state index contributed by atoms with van der Waals surface area (Å²) in [6, 6.07) is 0. The van der Waals surface area contributed by atoms with Crippen LogP contribution in [-0.2, 0) is 29.2 Å². The van der Waals surface area contributed by atoms with Crippen LogP contribution in [0.2, 0.25) is 0 Å². The number of rotatable bonds is 5. The first-order valence-corrected chi connectivity index (χ1v) is 14.0. The van der Waals surface area contributed by atoms with Crippen molar-refractivity contribution in [3.05, 3.63) is 11.6 Å². The van der Waals surface area contributed by atoms with Crippen LogP contribution in [-0.4, -0.2) is 38.1 Å². The Kier molecular flexibility index (Phi) is 5.92. The second-order valence-corrected chi connectivity index (χ2v) is 12.7. The van der Waals surface area contributed by atoms with E-state index in [4.69, 9.17) is 17.5 Å². The summed E-state index contributed by atoms with van der Waals surface area (Å²) in [6.45, 7) is 6.29. The minimum Gasteiger partial charge on any atom is -0.264 e. The molecule has 178 valence electrons. The molecule has 0 aromatic heterocycles. The van der Waals surface area contributed by atoms with Gasteiger partial charge in [0.15, 0.2) is 0 Å². The molecule has 31 heavy (non-hydrogen) atoms. The molecule has 2 N–H and O–H groups in total. The lowest BCUT2D eigenvalue weighted by Gasteiger charge is -2.58. The molecule has 8 nitrogen and oxygen atoms in total. The Bertz CT molecular complexity index is 958. The van der Waals surface area contributed by atoms with Gasteiger partial charge >= 0.3 is 20.8 Å². The van der Waals surface area contributed by atoms with Crippen molar-refractivity contribution in [3.8, 4) is 0 Å². The standard InChI is InChI=1S/C21H34O8S2/c1-13(28-30(22,23)24)17-6-7-18-16-5-4-14-12-15(29-31(25,26)27)8-10-20(14,2)19(16)9-11-21(17,18)3/h4,13,15-19H,5-12H2,1-3H3,(H,22,23,24)(H,25,26,27)/t13-,15-,16-,17+,18-,19-,20-,21+/m0/s1. The Balaban J connectivity index is 1.54. The van der Waals surface area contributed by atoms with Crippen LogP contribution in [0, 0.1) is 34.5 Å². The van der Waals surface area contributed by atoms with E-state index in [9.17, 15) is 16.8 Å². The van der Waals surface area contributed by atoms with Crippen LogP contribution in [0.15, 0.2) is 11.6 Å². The minimum absolute atomic E-state index is 0.00202. The van der Waals surface area contributed by atoms with Crippen molar-refractivity contribution in [3.63, 3.8) is 0 Å². The lowest BCUT2D eigenvalue weighted by Crippen LogP contribution is -2.51. The summed E-state index contributed by atoms with van der Waals surface area (Å²) in [5.41, 5.74) is 1.21. The molecule has 4 aliphatic carbocycles. The molecule has 8 atom stereocenters. The van der Waals surface area contributed by atoms with Gasteiger partial charge in [-0.2, -0.15) is 16.8 Å². The number of hydrogen-bond donors (Lipinski definition) is 2. The van der Waals surface area contributed by atoms with E-state index < -0.39 is 33.0 Å². The molecule has 0 heterocycles. The van der Waals surface area contributed by atoms with Crippen molar-refractivity contribution in [1.29, 1.82) is 0 Å². The van der Waals surface area contributed by atoms with Crippen molar-refractivity contribution in [2.75, 3.05) is 0 Å². The SMILES string of the molecule is C[C@H](OS(=O)(=O)O)[C@H]1CC[C@H]2[C@@H]3CC=C4C[C@@H](OS(=O)(=O)O)CC[C@]4(C)[C@H]3CC[C@]12C. The van der Waals surface area contributed by atoms with E-state index in [2.05, 4.69) is 19.9 Å². The maximum atomic E-state index is 11.3. The Morgan fingerprint density at radius 1 is 1.00 bits per heavy atom. The molecule has 0 unspecified atom stereocenters. The zero-order valence-electron chi connectivity index (χ0n) is 18.4. The van der Waals surface area contributed by atoms with Gasteiger partial charge in [0, 0.05) is 0 Å². The fourth-order valence-corrected chi connectivity index (χ4v) is 8.98. The minimum atomic E-state index is -4.47. The third-order valence-corrected chi connectivity index (χ3v) is 10.3. The van der Waals surface area contributed by atoms with Gasteiger partial charge in [0.25, 0.3) is 0 Å². The van der Waals surface area contributed by atoms with Gasteiger partial charge in [-0.05, 0) is 92.8 Å². The molecular formula is C21H34O8S2. The van der Waals surface area contributed by atoms with Crippen molar-refractivity contribution in [2.45, 2.75) is 84.3 Å². The summed E-state index contributed by atoms with van der Waals surface area (Å²) in [5.74, 6) is 1.53. The van der Waals surface area contributed by atoms with Crippen LogP contribution >= 0.6 is 0 Å². The van der Waals surface area contributed by atoms with E-state index in [-0.39, 0.29) is 16.7 Å². The summed E-state index contributed by atoms with van der Waals surface area (Å²) in [7, 11) is -8.93. The van der Waals surface area contributed by atoms with Gasteiger partial charge in [0.05, 0.1) is 12.2 Å². The summed E-state index contributed by atoms with van der Waals surface area (Å²) < 4.78 is 72.9. The van der Waals surface area contributed by atoms with E-state index >= 15 is 0 Å². The molecule has 0 spiro atoms. The van der Waals surface area contributed by atoms with Crippen LogP contribution in [0.4, 0.5) is 0 Å². The number of fused-ring (bicyclic) bond motifs is 5. The normalized spacial score (nSPS) is 44.0. The highest BCUT2D eigenvalue weighted by atomic mass is 32.3. The monoisotopic (exact) mass is 478 g/mol. The number of allylic oxidation sites excluding steroid dienone is 1. The van der Waals surface area contributed by atoms with Gasteiger partial charge in [0.2, 0.25) is 0 Å². The predicted octanol–water partition coefficient (Wildman–Crippen LogP) is 3.96. The van der Waals surface area contributed by atoms with Crippen LogP contribution in [0.3, 0.4) is 0 Å². The van der Waals surface area contributed by atoms with Gasteiger partial charge in [-0.25, -0.2) is 8.37 Å². The molecule has 0 saturated heterocycles. The predicted molar refractivity (Wildman–Crippen MR) is 114 cm³/mol. The van der Waals surface area contributed by atoms with Crippen LogP contribution in [0.5, 0.6) is 0 Å². The van der Waals surface area contributed by atoms with Gasteiger partial charge in [-0.15, -0.1) is 0 Å². The first-order chi connectivity index (χ1) is 14.2. The molecule has 0 aliphatic heterocycles. The van der Waals surface area contributed by atoms with Gasteiger partial charge in [0.1, 0.15) is 0 Å². The molecule has 3 saturated carbocycles. The van der Waals surface area contributed by atoms with Crippen molar-refractivity contribution >= 4 is 20.8 Å². The molecule has 0 aromatic carbocycles. The zero-order valence-corrected chi connectivity index (χ0v) is 20.0. The largest absolute Gasteiger partial charge is 0.397 e. The van der Waals surface area contributed by atoms with E-state index in [1.807, 2.05) is 0 Å². The van der Waals surface area contributed by atoms with Crippen molar-refractivity contribution in [1.82, 2.24) is 0 Å². The summed E-state index contributed by atoms with van der Waals surface area (Å²) in [6.07, 6.45) is 8.01. The fourth-order valence-electron chi connectivity index (χ4n) is 7.95. The third kappa shape index (κ3) is 4.36. The fraction of sp³-hybridized carbons (Fsp3) is 0.905. The first kappa shape index (κ1) is 23.6. The molecule has 0 bridgehead atoms. The Hall–Kier alpha value is -0.520. The average Bonchev–Trinajstić information content (AvgIpc) is 2.97. The molecule has 4 rings (SSSR count). The summed E-state index contributed by atoms with van der Waals surface area (Å²) >= 11 is 0. The van der Waals surface area contributed by atoms with E-state index in [1.165, 1.54) is 5.57 Å². The molecule has 0 amide bonds. The molecule has 0 radical (unpaired) electrons. The van der Waals surface area contributed by atoms with Gasteiger partial charge in [-0.3, -0.25) is 9.11 Å². The van der Waals surface area contributed by atoms with Gasteiger partial charge in [-0.1, -0.05) is 25.5 Å². The van der Waals surface area contributed by atoms with Crippen LogP contribution < -0.4 is 0 Å². The van der Waals surface area contributed by atoms with E-state index in [0.717, 1.165) is 38.5 Å².